The summed E-state index contributed by atoms with van der Waals surface area (Å²) < 4.78 is 17.7. The average molecular weight is 287 g/mol. The van der Waals surface area contributed by atoms with Crippen molar-refractivity contribution in [1.82, 2.24) is 9.97 Å². The van der Waals surface area contributed by atoms with Crippen molar-refractivity contribution in [1.29, 1.82) is 0 Å². The molecule has 0 aliphatic carbocycles. The molecule has 0 fully saturated rings. The topological polar surface area (TPSA) is 82.0 Å². The maximum absolute atomic E-state index is 12.2. The van der Waals surface area contributed by atoms with Gasteiger partial charge in [0.1, 0.15) is 16.3 Å². The number of hydrogen-bond donors (Lipinski definition) is 1. The summed E-state index contributed by atoms with van der Waals surface area (Å²) in [6, 6.07) is 8.99. The lowest BCUT2D eigenvalue weighted by atomic mass is 10.2. The van der Waals surface area contributed by atoms with Crippen LogP contribution in [0, 0.1) is 0 Å². The van der Waals surface area contributed by atoms with E-state index in [4.69, 9.17) is 10.2 Å². The van der Waals surface area contributed by atoms with Crippen molar-refractivity contribution in [3.63, 3.8) is 0 Å². The second kappa shape index (κ2) is 5.42. The fourth-order valence-corrected chi connectivity index (χ4v) is 2.84. The quantitative estimate of drug-likeness (QED) is 0.743. The number of rotatable bonds is 4. The number of nitrogens with zero attached hydrogens (tertiary/aromatic N) is 2. The zero-order valence-electron chi connectivity index (χ0n) is 10.7. The van der Waals surface area contributed by atoms with Gasteiger partial charge < -0.3 is 10.2 Å². The van der Waals surface area contributed by atoms with Gasteiger partial charge in [-0.2, -0.15) is 0 Å². The Morgan fingerprint density at radius 3 is 3.00 bits per heavy atom. The molecule has 0 amide bonds. The normalized spacial score (nSPS) is 12.6. The van der Waals surface area contributed by atoms with Crippen molar-refractivity contribution in [2.24, 2.45) is 0 Å². The molecule has 2 N–H and O–H groups in total. The Hall–Kier alpha value is -2.21. The van der Waals surface area contributed by atoms with E-state index in [9.17, 15) is 4.21 Å². The van der Waals surface area contributed by atoms with E-state index in [0.717, 1.165) is 5.56 Å². The SMILES string of the molecule is Nc1ccc2oc(S(=O)CCc3cccnc3)nc2c1. The predicted molar refractivity (Wildman–Crippen MR) is 77.6 cm³/mol. The van der Waals surface area contributed by atoms with Gasteiger partial charge in [-0.05, 0) is 36.2 Å². The maximum Gasteiger partial charge on any atom is 0.287 e. The molecule has 6 heteroatoms. The van der Waals surface area contributed by atoms with Crippen LogP contribution in [0.5, 0.6) is 0 Å². The van der Waals surface area contributed by atoms with Crippen LogP contribution in [0.25, 0.3) is 11.1 Å². The van der Waals surface area contributed by atoms with Crippen LogP contribution in [-0.4, -0.2) is 19.9 Å². The van der Waals surface area contributed by atoms with Crippen molar-refractivity contribution in [2.75, 3.05) is 11.5 Å². The van der Waals surface area contributed by atoms with E-state index in [1.807, 2.05) is 12.1 Å². The van der Waals surface area contributed by atoms with Crippen molar-refractivity contribution < 1.29 is 8.63 Å². The second-order valence-corrected chi connectivity index (χ2v) is 5.82. The molecule has 1 atom stereocenters. The first-order valence-corrected chi connectivity index (χ1v) is 7.47. The highest BCUT2D eigenvalue weighted by Gasteiger charge is 2.13. The van der Waals surface area contributed by atoms with Crippen LogP contribution in [0.2, 0.25) is 0 Å². The number of oxazole rings is 1. The summed E-state index contributed by atoms with van der Waals surface area (Å²) in [5, 5.41) is 0.245. The number of hydrogen-bond acceptors (Lipinski definition) is 5. The summed E-state index contributed by atoms with van der Waals surface area (Å²) in [5.74, 6) is 0.452. The van der Waals surface area contributed by atoms with E-state index in [1.165, 1.54) is 0 Å². The lowest BCUT2D eigenvalue weighted by Crippen LogP contribution is -2.02. The second-order valence-electron chi connectivity index (χ2n) is 4.37. The summed E-state index contributed by atoms with van der Waals surface area (Å²) in [4.78, 5) is 8.25. The van der Waals surface area contributed by atoms with Gasteiger partial charge in [0.2, 0.25) is 0 Å². The standard InChI is InChI=1S/C14H13N3O2S/c15-11-3-4-13-12(8-11)17-14(19-13)20(18)7-5-10-2-1-6-16-9-10/h1-4,6,8-9H,5,7,15H2. The average Bonchev–Trinajstić information content (AvgIpc) is 2.89. The summed E-state index contributed by atoms with van der Waals surface area (Å²) >= 11 is 0. The summed E-state index contributed by atoms with van der Waals surface area (Å²) in [6.07, 6.45) is 4.15. The largest absolute Gasteiger partial charge is 0.430 e. The third-order valence-electron chi connectivity index (χ3n) is 2.89. The molecule has 0 saturated heterocycles. The van der Waals surface area contributed by atoms with Crippen LogP contribution < -0.4 is 5.73 Å². The van der Waals surface area contributed by atoms with Gasteiger partial charge in [0, 0.05) is 23.8 Å². The molecule has 5 nitrogen and oxygen atoms in total. The van der Waals surface area contributed by atoms with Gasteiger partial charge in [0.25, 0.3) is 5.22 Å². The molecule has 1 aromatic carbocycles. The van der Waals surface area contributed by atoms with Gasteiger partial charge >= 0.3 is 0 Å². The molecule has 0 aliphatic heterocycles. The van der Waals surface area contributed by atoms with Crippen molar-refractivity contribution in [3.05, 3.63) is 48.3 Å². The number of nitrogens with two attached hydrogens (primary N) is 1. The molecule has 3 rings (SSSR count). The Labute approximate surface area is 118 Å². The van der Waals surface area contributed by atoms with Crippen molar-refractivity contribution in [3.8, 4) is 0 Å². The summed E-state index contributed by atoms with van der Waals surface area (Å²) in [6.45, 7) is 0. The maximum atomic E-state index is 12.2. The number of nitrogen functional groups attached to an aromatic ring is 1. The third-order valence-corrected chi connectivity index (χ3v) is 4.02. The molecule has 0 bridgehead atoms. The smallest absolute Gasteiger partial charge is 0.287 e. The summed E-state index contributed by atoms with van der Waals surface area (Å²) in [5.41, 5.74) is 8.57. The highest BCUT2D eigenvalue weighted by molar-refractivity contribution is 7.84. The highest BCUT2D eigenvalue weighted by Crippen LogP contribution is 2.20. The molecule has 1 unspecified atom stereocenters. The van der Waals surface area contributed by atoms with E-state index in [2.05, 4.69) is 9.97 Å². The highest BCUT2D eigenvalue weighted by atomic mass is 32.2. The monoisotopic (exact) mass is 287 g/mol. The molecule has 2 heterocycles. The van der Waals surface area contributed by atoms with E-state index >= 15 is 0 Å². The molecule has 0 saturated carbocycles. The number of benzene rings is 1. The van der Waals surface area contributed by atoms with E-state index < -0.39 is 10.8 Å². The summed E-state index contributed by atoms with van der Waals surface area (Å²) in [7, 11) is -1.27. The lowest BCUT2D eigenvalue weighted by molar-refractivity contribution is 0.477. The molecular weight excluding hydrogens is 274 g/mol. The molecule has 0 radical (unpaired) electrons. The van der Waals surface area contributed by atoms with Crippen molar-refractivity contribution >= 4 is 27.6 Å². The van der Waals surface area contributed by atoms with Gasteiger partial charge in [-0.15, -0.1) is 0 Å². The van der Waals surface area contributed by atoms with E-state index in [1.54, 1.807) is 30.6 Å². The van der Waals surface area contributed by atoms with Gasteiger partial charge in [-0.25, -0.2) is 9.19 Å². The number of aryl methyl sites for hydroxylation is 1. The predicted octanol–water partition coefficient (Wildman–Crippen LogP) is 2.16. The number of pyridine rings is 1. The van der Waals surface area contributed by atoms with Gasteiger partial charge in [-0.1, -0.05) is 6.07 Å². The van der Waals surface area contributed by atoms with Gasteiger partial charge in [-0.3, -0.25) is 4.98 Å². The fourth-order valence-electron chi connectivity index (χ4n) is 1.86. The van der Waals surface area contributed by atoms with Crippen LogP contribution in [0.3, 0.4) is 0 Å². The Bertz CT molecular complexity index is 755. The molecule has 0 aliphatic rings. The number of fused-ring (bicyclic) bond motifs is 1. The minimum Gasteiger partial charge on any atom is -0.430 e. The zero-order valence-corrected chi connectivity index (χ0v) is 11.5. The van der Waals surface area contributed by atoms with Gasteiger partial charge in [0.15, 0.2) is 5.58 Å². The Balaban J connectivity index is 1.75. The molecule has 3 aromatic rings. The Morgan fingerprint density at radius 2 is 2.20 bits per heavy atom. The van der Waals surface area contributed by atoms with Crippen LogP contribution in [0.15, 0.2) is 52.4 Å². The van der Waals surface area contributed by atoms with Crippen LogP contribution in [0.1, 0.15) is 5.56 Å². The van der Waals surface area contributed by atoms with Crippen LogP contribution >= 0.6 is 0 Å². The first-order valence-electron chi connectivity index (χ1n) is 6.16. The molecule has 102 valence electrons. The van der Waals surface area contributed by atoms with Gasteiger partial charge in [0.05, 0.1) is 0 Å². The number of aromatic nitrogens is 2. The molecular formula is C14H13N3O2S. The fraction of sp³-hybridized carbons (Fsp3) is 0.143. The Morgan fingerprint density at radius 1 is 1.30 bits per heavy atom. The first kappa shape index (κ1) is 12.8. The number of anilines is 1. The molecule has 20 heavy (non-hydrogen) atoms. The third kappa shape index (κ3) is 2.70. The minimum absolute atomic E-state index is 0.245. The van der Waals surface area contributed by atoms with Crippen LogP contribution in [-0.2, 0) is 17.2 Å². The lowest BCUT2D eigenvalue weighted by Gasteiger charge is -1.98. The molecule has 2 aromatic heterocycles. The zero-order chi connectivity index (χ0) is 13.9. The van der Waals surface area contributed by atoms with Crippen LogP contribution in [0.4, 0.5) is 5.69 Å². The minimum atomic E-state index is -1.27. The van der Waals surface area contributed by atoms with E-state index in [0.29, 0.717) is 29.0 Å². The molecule has 0 spiro atoms. The van der Waals surface area contributed by atoms with Crippen molar-refractivity contribution in [2.45, 2.75) is 11.6 Å². The van der Waals surface area contributed by atoms with E-state index in [-0.39, 0.29) is 5.22 Å². The first-order chi connectivity index (χ1) is 9.72. The Kier molecular flexibility index (Phi) is 3.47.